The molecule has 17 heavy (non-hydrogen) atoms. The summed E-state index contributed by atoms with van der Waals surface area (Å²) in [6.45, 7) is 3.99. The highest BCUT2D eigenvalue weighted by atomic mass is 79.9. The molecule has 2 nitrogen and oxygen atoms in total. The highest BCUT2D eigenvalue weighted by Gasteiger charge is 2.14. The molecule has 0 aliphatic heterocycles. The van der Waals surface area contributed by atoms with Crippen molar-refractivity contribution >= 4 is 44.5 Å². The molecule has 2 rings (SSSR count). The average molecular weight is 330 g/mol. The molecule has 0 spiro atoms. The molecule has 1 unspecified atom stereocenters. The number of amides is 1. The Morgan fingerprint density at radius 3 is 2.82 bits per heavy atom. The maximum absolute atomic E-state index is 12.0. The molecule has 2 aromatic heterocycles. The summed E-state index contributed by atoms with van der Waals surface area (Å²) in [4.78, 5) is 13.9. The van der Waals surface area contributed by atoms with Gasteiger partial charge in [0.25, 0.3) is 5.91 Å². The largest absolute Gasteiger partial charge is 0.344 e. The SMILES string of the molecule is Cc1cc(C(=O)NC(C)c2cccs2)sc1Br. The lowest BCUT2D eigenvalue weighted by Gasteiger charge is -2.10. The Hall–Kier alpha value is -0.650. The molecule has 0 aliphatic carbocycles. The maximum Gasteiger partial charge on any atom is 0.261 e. The van der Waals surface area contributed by atoms with Crippen molar-refractivity contribution in [3.05, 3.63) is 42.7 Å². The zero-order chi connectivity index (χ0) is 12.4. The normalized spacial score (nSPS) is 12.4. The third kappa shape index (κ3) is 2.97. The molecule has 5 heteroatoms. The number of hydrogen-bond donors (Lipinski definition) is 1. The summed E-state index contributed by atoms with van der Waals surface area (Å²) in [6.07, 6.45) is 0. The molecule has 1 atom stereocenters. The first-order valence-electron chi connectivity index (χ1n) is 5.18. The lowest BCUT2D eigenvalue weighted by molar-refractivity contribution is 0.0944. The Balaban J connectivity index is 2.07. The molecule has 2 aromatic rings. The van der Waals surface area contributed by atoms with Crippen LogP contribution in [0.5, 0.6) is 0 Å². The van der Waals surface area contributed by atoms with Crippen LogP contribution in [0.1, 0.15) is 33.1 Å². The lowest BCUT2D eigenvalue weighted by atomic mass is 10.2. The minimum absolute atomic E-state index is 0.00954. The third-order valence-electron chi connectivity index (χ3n) is 2.40. The second kappa shape index (κ2) is 5.33. The van der Waals surface area contributed by atoms with Crippen LogP contribution in [0.25, 0.3) is 0 Å². The van der Waals surface area contributed by atoms with Crippen LogP contribution in [0.4, 0.5) is 0 Å². The fourth-order valence-corrected chi connectivity index (χ4v) is 3.62. The number of aryl methyl sites for hydroxylation is 1. The van der Waals surface area contributed by atoms with E-state index in [1.807, 2.05) is 37.4 Å². The Morgan fingerprint density at radius 2 is 2.29 bits per heavy atom. The zero-order valence-electron chi connectivity index (χ0n) is 9.49. The van der Waals surface area contributed by atoms with Gasteiger partial charge >= 0.3 is 0 Å². The van der Waals surface area contributed by atoms with E-state index in [0.29, 0.717) is 0 Å². The first kappa shape index (κ1) is 12.8. The van der Waals surface area contributed by atoms with Crippen LogP contribution in [0.2, 0.25) is 0 Å². The first-order chi connectivity index (χ1) is 8.08. The number of nitrogens with one attached hydrogen (secondary N) is 1. The number of thiophene rings is 2. The van der Waals surface area contributed by atoms with Crippen molar-refractivity contribution in [3.8, 4) is 0 Å². The van der Waals surface area contributed by atoms with E-state index in [0.717, 1.165) is 14.2 Å². The summed E-state index contributed by atoms with van der Waals surface area (Å²) in [5.41, 5.74) is 1.10. The average Bonchev–Trinajstić information content (AvgIpc) is 2.89. The van der Waals surface area contributed by atoms with Crippen LogP contribution in [0, 0.1) is 6.92 Å². The smallest absolute Gasteiger partial charge is 0.261 e. The van der Waals surface area contributed by atoms with Gasteiger partial charge in [-0.1, -0.05) is 6.07 Å². The van der Waals surface area contributed by atoms with Crippen LogP contribution < -0.4 is 5.32 Å². The molecule has 0 radical (unpaired) electrons. The van der Waals surface area contributed by atoms with Crippen molar-refractivity contribution in [2.24, 2.45) is 0 Å². The van der Waals surface area contributed by atoms with Gasteiger partial charge < -0.3 is 5.32 Å². The molecule has 0 saturated carbocycles. The molecular formula is C12H12BrNOS2. The number of carbonyl (C=O) groups excluding carboxylic acids is 1. The van der Waals surface area contributed by atoms with Crippen LogP contribution in [-0.2, 0) is 0 Å². The minimum atomic E-state index is -0.00954. The topological polar surface area (TPSA) is 29.1 Å². The van der Waals surface area contributed by atoms with Crippen LogP contribution in [-0.4, -0.2) is 5.91 Å². The number of hydrogen-bond acceptors (Lipinski definition) is 3. The molecule has 0 aromatic carbocycles. The van der Waals surface area contributed by atoms with Gasteiger partial charge in [-0.15, -0.1) is 22.7 Å². The second-order valence-electron chi connectivity index (χ2n) is 3.78. The minimum Gasteiger partial charge on any atom is -0.344 e. The molecule has 2 heterocycles. The predicted octanol–water partition coefficient (Wildman–Crippen LogP) is 4.37. The molecular weight excluding hydrogens is 318 g/mol. The van der Waals surface area contributed by atoms with Crippen LogP contribution in [0.3, 0.4) is 0 Å². The van der Waals surface area contributed by atoms with E-state index in [-0.39, 0.29) is 11.9 Å². The number of halogens is 1. The first-order valence-corrected chi connectivity index (χ1v) is 7.67. The number of carbonyl (C=O) groups is 1. The van der Waals surface area contributed by atoms with E-state index in [9.17, 15) is 4.79 Å². The van der Waals surface area contributed by atoms with Crippen LogP contribution in [0.15, 0.2) is 27.4 Å². The van der Waals surface area contributed by atoms with Crippen molar-refractivity contribution in [1.29, 1.82) is 0 Å². The Kier molecular flexibility index (Phi) is 4.01. The zero-order valence-corrected chi connectivity index (χ0v) is 12.7. The summed E-state index contributed by atoms with van der Waals surface area (Å²) >= 11 is 6.56. The summed E-state index contributed by atoms with van der Waals surface area (Å²) < 4.78 is 1.02. The van der Waals surface area contributed by atoms with Gasteiger partial charge in [0.1, 0.15) is 0 Å². The van der Waals surface area contributed by atoms with Gasteiger partial charge in [-0.25, -0.2) is 0 Å². The maximum atomic E-state index is 12.0. The highest BCUT2D eigenvalue weighted by Crippen LogP contribution is 2.28. The molecule has 0 bridgehead atoms. The summed E-state index contributed by atoms with van der Waals surface area (Å²) in [5.74, 6) is -0.00954. The highest BCUT2D eigenvalue weighted by molar-refractivity contribution is 9.11. The standard InChI is InChI=1S/C12H12BrNOS2/c1-7-6-10(17-11(7)13)12(15)14-8(2)9-4-3-5-16-9/h3-6,8H,1-2H3,(H,14,15). The van der Waals surface area contributed by atoms with Crippen molar-refractivity contribution in [3.63, 3.8) is 0 Å². The third-order valence-corrected chi connectivity index (χ3v) is 5.59. The van der Waals surface area contributed by atoms with Gasteiger partial charge in [-0.2, -0.15) is 0 Å². The lowest BCUT2D eigenvalue weighted by Crippen LogP contribution is -2.25. The van der Waals surface area contributed by atoms with Gasteiger partial charge in [0.2, 0.25) is 0 Å². The molecule has 90 valence electrons. The Morgan fingerprint density at radius 1 is 1.53 bits per heavy atom. The van der Waals surface area contributed by atoms with E-state index >= 15 is 0 Å². The quantitative estimate of drug-likeness (QED) is 0.889. The van der Waals surface area contributed by atoms with Crippen molar-refractivity contribution in [1.82, 2.24) is 5.32 Å². The molecule has 0 aliphatic rings. The fourth-order valence-electron chi connectivity index (χ4n) is 1.45. The Bertz CT molecular complexity index is 499. The van der Waals surface area contributed by atoms with Crippen molar-refractivity contribution < 1.29 is 4.79 Å². The molecule has 1 N–H and O–H groups in total. The van der Waals surface area contributed by atoms with Gasteiger partial charge in [0, 0.05) is 4.88 Å². The van der Waals surface area contributed by atoms with E-state index < -0.39 is 0 Å². The molecule has 0 fully saturated rings. The Labute approximate surface area is 117 Å². The van der Waals surface area contributed by atoms with Gasteiger partial charge in [-0.3, -0.25) is 4.79 Å². The van der Waals surface area contributed by atoms with Gasteiger partial charge in [0.15, 0.2) is 0 Å². The van der Waals surface area contributed by atoms with Gasteiger partial charge in [-0.05, 0) is 52.9 Å². The fraction of sp³-hybridized carbons (Fsp3) is 0.250. The summed E-state index contributed by atoms with van der Waals surface area (Å²) in [6, 6.07) is 5.99. The van der Waals surface area contributed by atoms with Crippen molar-refractivity contribution in [2.45, 2.75) is 19.9 Å². The monoisotopic (exact) mass is 329 g/mol. The van der Waals surface area contributed by atoms with E-state index in [4.69, 9.17) is 0 Å². The molecule has 1 amide bonds. The summed E-state index contributed by atoms with van der Waals surface area (Å²) in [5, 5.41) is 5.02. The number of rotatable bonds is 3. The summed E-state index contributed by atoms with van der Waals surface area (Å²) in [7, 11) is 0. The van der Waals surface area contributed by atoms with E-state index in [1.54, 1.807) is 11.3 Å². The molecule has 0 saturated heterocycles. The van der Waals surface area contributed by atoms with Crippen LogP contribution >= 0.6 is 38.6 Å². The van der Waals surface area contributed by atoms with E-state index in [2.05, 4.69) is 21.2 Å². The van der Waals surface area contributed by atoms with E-state index in [1.165, 1.54) is 16.2 Å². The van der Waals surface area contributed by atoms with Gasteiger partial charge in [0.05, 0.1) is 14.7 Å². The second-order valence-corrected chi connectivity index (χ2v) is 7.13. The van der Waals surface area contributed by atoms with Crippen molar-refractivity contribution in [2.75, 3.05) is 0 Å². The predicted molar refractivity (Wildman–Crippen MR) is 77.0 cm³/mol.